The van der Waals surface area contributed by atoms with Gasteiger partial charge in [0.2, 0.25) is 0 Å². The van der Waals surface area contributed by atoms with Crippen molar-refractivity contribution in [1.82, 2.24) is 24.9 Å². The summed E-state index contributed by atoms with van der Waals surface area (Å²) >= 11 is 5.30. The first kappa shape index (κ1) is 17.1. The van der Waals surface area contributed by atoms with Gasteiger partial charge in [-0.1, -0.05) is 12.1 Å². The zero-order chi connectivity index (χ0) is 17.6. The first-order valence-corrected chi connectivity index (χ1v) is 8.36. The van der Waals surface area contributed by atoms with Gasteiger partial charge >= 0.3 is 0 Å². The molecule has 0 saturated heterocycles. The molecule has 3 aromatic rings. The van der Waals surface area contributed by atoms with Gasteiger partial charge in [-0.2, -0.15) is 10.2 Å². The Bertz CT molecular complexity index is 839. The molecule has 3 rings (SSSR count). The van der Waals surface area contributed by atoms with Gasteiger partial charge in [-0.3, -0.25) is 9.36 Å². The van der Waals surface area contributed by atoms with E-state index >= 15 is 0 Å². The fourth-order valence-electron chi connectivity index (χ4n) is 2.32. The molecule has 0 radical (unpaired) electrons. The summed E-state index contributed by atoms with van der Waals surface area (Å²) < 4.78 is 16.6. The fourth-order valence-corrected chi connectivity index (χ4v) is 2.51. The largest absolute Gasteiger partial charge is 0.358 e. The molecule has 1 aromatic carbocycles. The third-order valence-electron chi connectivity index (χ3n) is 3.61. The summed E-state index contributed by atoms with van der Waals surface area (Å²) in [7, 11) is 0. The number of nitrogens with one attached hydrogen (secondary N) is 2. The number of aromatic nitrogens is 4. The number of thiocarbonyl (C=S) groups is 1. The van der Waals surface area contributed by atoms with Crippen molar-refractivity contribution >= 4 is 23.0 Å². The first-order valence-electron chi connectivity index (χ1n) is 7.95. The Balaban J connectivity index is 1.50. The SMILES string of the molecule is CCn1cc(CNC(=S)Nc2cnn(Cc3ccc(F)cc3)c2)cn1. The zero-order valence-electron chi connectivity index (χ0n) is 13.8. The molecule has 0 fully saturated rings. The maximum absolute atomic E-state index is 12.9. The predicted octanol–water partition coefficient (Wildman–Crippen LogP) is 2.77. The molecule has 0 aliphatic carbocycles. The minimum Gasteiger partial charge on any atom is -0.358 e. The Kier molecular flexibility index (Phi) is 5.39. The van der Waals surface area contributed by atoms with E-state index in [-0.39, 0.29) is 5.82 Å². The average molecular weight is 358 g/mol. The lowest BCUT2D eigenvalue weighted by Gasteiger charge is -2.07. The lowest BCUT2D eigenvalue weighted by Crippen LogP contribution is -2.27. The molecule has 0 saturated carbocycles. The number of rotatable bonds is 6. The van der Waals surface area contributed by atoms with Crippen molar-refractivity contribution in [2.24, 2.45) is 0 Å². The van der Waals surface area contributed by atoms with Gasteiger partial charge in [0.05, 0.1) is 24.6 Å². The summed E-state index contributed by atoms with van der Waals surface area (Å²) in [5, 5.41) is 15.3. The van der Waals surface area contributed by atoms with Gasteiger partial charge in [0.1, 0.15) is 5.82 Å². The summed E-state index contributed by atoms with van der Waals surface area (Å²) in [5.74, 6) is -0.243. The number of benzene rings is 1. The molecule has 0 amide bonds. The minimum atomic E-state index is -0.243. The molecule has 0 aliphatic heterocycles. The van der Waals surface area contributed by atoms with Crippen LogP contribution in [0, 0.1) is 5.82 Å². The Morgan fingerprint density at radius 1 is 1.08 bits per heavy atom. The van der Waals surface area contributed by atoms with Crippen LogP contribution in [0.1, 0.15) is 18.1 Å². The third-order valence-corrected chi connectivity index (χ3v) is 3.86. The van der Waals surface area contributed by atoms with E-state index in [1.807, 2.05) is 30.2 Å². The molecule has 2 heterocycles. The van der Waals surface area contributed by atoms with Crippen molar-refractivity contribution in [3.63, 3.8) is 0 Å². The second-order valence-corrected chi connectivity index (χ2v) is 5.97. The maximum Gasteiger partial charge on any atom is 0.171 e. The van der Waals surface area contributed by atoms with E-state index in [9.17, 15) is 4.39 Å². The topological polar surface area (TPSA) is 59.7 Å². The summed E-state index contributed by atoms with van der Waals surface area (Å²) in [5.41, 5.74) is 2.84. The van der Waals surface area contributed by atoms with Crippen molar-refractivity contribution in [3.8, 4) is 0 Å². The van der Waals surface area contributed by atoms with Crippen LogP contribution in [0.2, 0.25) is 0 Å². The number of aryl methyl sites for hydroxylation is 1. The Morgan fingerprint density at radius 3 is 2.56 bits per heavy atom. The first-order chi connectivity index (χ1) is 12.1. The average Bonchev–Trinajstić information content (AvgIpc) is 3.24. The van der Waals surface area contributed by atoms with Crippen molar-refractivity contribution in [3.05, 3.63) is 66.0 Å². The van der Waals surface area contributed by atoms with E-state index < -0.39 is 0 Å². The Hall–Kier alpha value is -2.74. The highest BCUT2D eigenvalue weighted by Gasteiger charge is 2.04. The van der Waals surface area contributed by atoms with Gasteiger partial charge in [-0.05, 0) is 36.8 Å². The van der Waals surface area contributed by atoms with E-state index in [1.165, 1.54) is 12.1 Å². The lowest BCUT2D eigenvalue weighted by molar-refractivity contribution is 0.624. The molecule has 130 valence electrons. The fraction of sp³-hybridized carbons (Fsp3) is 0.235. The summed E-state index contributed by atoms with van der Waals surface area (Å²) in [6.45, 7) is 4.06. The summed E-state index contributed by atoms with van der Waals surface area (Å²) in [6, 6.07) is 6.37. The number of halogens is 1. The van der Waals surface area contributed by atoms with Crippen LogP contribution in [0.4, 0.5) is 10.1 Å². The van der Waals surface area contributed by atoms with Gasteiger partial charge in [0.25, 0.3) is 0 Å². The predicted molar refractivity (Wildman–Crippen MR) is 98.7 cm³/mol. The van der Waals surface area contributed by atoms with E-state index in [4.69, 9.17) is 12.2 Å². The molecule has 8 heteroatoms. The van der Waals surface area contributed by atoms with E-state index in [2.05, 4.69) is 20.8 Å². The molecule has 0 atom stereocenters. The Morgan fingerprint density at radius 2 is 1.84 bits per heavy atom. The summed E-state index contributed by atoms with van der Waals surface area (Å²) in [6.07, 6.45) is 7.36. The van der Waals surface area contributed by atoms with Gasteiger partial charge < -0.3 is 10.6 Å². The molecule has 2 aromatic heterocycles. The van der Waals surface area contributed by atoms with Crippen LogP contribution in [-0.2, 0) is 19.6 Å². The molecule has 2 N–H and O–H groups in total. The minimum absolute atomic E-state index is 0.243. The monoisotopic (exact) mass is 358 g/mol. The normalized spacial score (nSPS) is 10.6. The molecule has 0 unspecified atom stereocenters. The number of hydrogen-bond acceptors (Lipinski definition) is 3. The van der Waals surface area contributed by atoms with Crippen LogP contribution < -0.4 is 10.6 Å². The highest BCUT2D eigenvalue weighted by Crippen LogP contribution is 2.09. The van der Waals surface area contributed by atoms with Crippen LogP contribution in [-0.4, -0.2) is 24.7 Å². The van der Waals surface area contributed by atoms with E-state index in [0.29, 0.717) is 18.2 Å². The van der Waals surface area contributed by atoms with Crippen LogP contribution in [0.3, 0.4) is 0 Å². The molecule has 0 spiro atoms. The molecule has 25 heavy (non-hydrogen) atoms. The van der Waals surface area contributed by atoms with Crippen molar-refractivity contribution in [1.29, 1.82) is 0 Å². The van der Waals surface area contributed by atoms with Gasteiger partial charge in [0, 0.05) is 31.0 Å². The smallest absolute Gasteiger partial charge is 0.171 e. The van der Waals surface area contributed by atoms with Gasteiger partial charge in [-0.15, -0.1) is 0 Å². The second-order valence-electron chi connectivity index (χ2n) is 5.57. The van der Waals surface area contributed by atoms with Crippen LogP contribution in [0.15, 0.2) is 49.1 Å². The van der Waals surface area contributed by atoms with Crippen molar-refractivity contribution in [2.45, 2.75) is 26.6 Å². The van der Waals surface area contributed by atoms with Crippen LogP contribution >= 0.6 is 12.2 Å². The highest BCUT2D eigenvalue weighted by atomic mass is 32.1. The van der Waals surface area contributed by atoms with Crippen molar-refractivity contribution < 1.29 is 4.39 Å². The number of anilines is 1. The van der Waals surface area contributed by atoms with Gasteiger partial charge in [-0.25, -0.2) is 4.39 Å². The van der Waals surface area contributed by atoms with E-state index in [0.717, 1.165) is 23.4 Å². The van der Waals surface area contributed by atoms with Crippen molar-refractivity contribution in [2.75, 3.05) is 5.32 Å². The summed E-state index contributed by atoms with van der Waals surface area (Å²) in [4.78, 5) is 0. The second kappa shape index (κ2) is 7.89. The maximum atomic E-state index is 12.9. The highest BCUT2D eigenvalue weighted by molar-refractivity contribution is 7.80. The quantitative estimate of drug-likeness (QED) is 0.664. The molecule has 6 nitrogen and oxygen atoms in total. The Labute approximate surface area is 150 Å². The van der Waals surface area contributed by atoms with Crippen LogP contribution in [0.5, 0.6) is 0 Å². The third kappa shape index (κ3) is 4.87. The number of hydrogen-bond donors (Lipinski definition) is 2. The molecular formula is C17H19FN6S. The molecule has 0 bridgehead atoms. The molecule has 0 aliphatic rings. The number of nitrogens with zero attached hydrogens (tertiary/aromatic N) is 4. The van der Waals surface area contributed by atoms with Crippen LogP contribution in [0.25, 0.3) is 0 Å². The van der Waals surface area contributed by atoms with Gasteiger partial charge in [0.15, 0.2) is 5.11 Å². The molecular weight excluding hydrogens is 339 g/mol. The zero-order valence-corrected chi connectivity index (χ0v) is 14.6. The van der Waals surface area contributed by atoms with E-state index in [1.54, 1.807) is 23.0 Å². The standard InChI is InChI=1S/C17H19FN6S/c1-2-23-11-14(8-20-23)7-19-17(25)22-16-9-21-24(12-16)10-13-3-5-15(18)6-4-13/h3-6,8-9,11-12H,2,7,10H2,1H3,(H2,19,22,25). The lowest BCUT2D eigenvalue weighted by atomic mass is 10.2.